The average Bonchev–Trinajstić information content (AvgIpc) is 2.66. The maximum atomic E-state index is 12.5. The minimum Gasteiger partial charge on any atom is -0.330 e. The number of amides is 2. The van der Waals surface area contributed by atoms with Crippen LogP contribution in [-0.2, 0) is 16.1 Å². The van der Waals surface area contributed by atoms with E-state index in [2.05, 4.69) is 4.98 Å². The Balaban J connectivity index is 1.71. The van der Waals surface area contributed by atoms with Crippen molar-refractivity contribution in [2.24, 2.45) is 0 Å². The second kappa shape index (κ2) is 7.29. The monoisotopic (exact) mass is 367 g/mol. The van der Waals surface area contributed by atoms with Crippen LogP contribution < -0.4 is 16.1 Å². The molecule has 1 N–H and O–H groups in total. The van der Waals surface area contributed by atoms with Crippen molar-refractivity contribution in [2.45, 2.75) is 13.5 Å². The Morgan fingerprint density at radius 3 is 2.74 bits per heavy atom. The first-order chi connectivity index (χ1) is 12.9. The van der Waals surface area contributed by atoms with Gasteiger partial charge in [-0.15, -0.1) is 0 Å². The van der Waals surface area contributed by atoms with Crippen LogP contribution in [0.3, 0.4) is 0 Å². The molecule has 27 heavy (non-hydrogen) atoms. The molecule has 0 radical (unpaired) electrons. The minimum atomic E-state index is -0.669. The zero-order chi connectivity index (χ0) is 19.6. The summed E-state index contributed by atoms with van der Waals surface area (Å²) in [5, 5.41) is 8.98. The van der Waals surface area contributed by atoms with E-state index in [1.54, 1.807) is 24.3 Å². The first-order valence-electron chi connectivity index (χ1n) is 8.27. The van der Waals surface area contributed by atoms with Gasteiger partial charge in [0.25, 0.3) is 5.56 Å². The summed E-state index contributed by atoms with van der Waals surface area (Å²) in [6, 6.07) is 8.74. The SMILES string of the molecule is Cc1cn(CC(=O)N2CCN(c3cccc(C#N)c3)C(=O)C2)c(=O)[nH]c1=O. The number of nitrogens with zero attached hydrogens (tertiary/aromatic N) is 4. The topological polar surface area (TPSA) is 119 Å². The van der Waals surface area contributed by atoms with Crippen molar-refractivity contribution in [1.29, 1.82) is 5.26 Å². The summed E-state index contributed by atoms with van der Waals surface area (Å²) < 4.78 is 1.12. The zero-order valence-corrected chi connectivity index (χ0v) is 14.6. The number of piperazine rings is 1. The molecular weight excluding hydrogens is 350 g/mol. The molecule has 1 aliphatic rings. The Hall–Kier alpha value is -3.67. The fourth-order valence-electron chi connectivity index (χ4n) is 2.88. The Bertz CT molecular complexity index is 1060. The number of nitrogens with one attached hydrogen (secondary N) is 1. The van der Waals surface area contributed by atoms with Crippen molar-refractivity contribution in [3.05, 3.63) is 62.4 Å². The molecule has 0 atom stereocenters. The van der Waals surface area contributed by atoms with Gasteiger partial charge in [0.1, 0.15) is 13.1 Å². The van der Waals surface area contributed by atoms with Crippen LogP contribution in [0.2, 0.25) is 0 Å². The number of rotatable bonds is 3. The number of aryl methyl sites for hydroxylation is 1. The number of anilines is 1. The third-order valence-electron chi connectivity index (χ3n) is 4.35. The van der Waals surface area contributed by atoms with Gasteiger partial charge in [-0.05, 0) is 25.1 Å². The molecule has 9 heteroatoms. The van der Waals surface area contributed by atoms with E-state index in [9.17, 15) is 19.2 Å². The largest absolute Gasteiger partial charge is 0.330 e. The van der Waals surface area contributed by atoms with E-state index in [4.69, 9.17) is 5.26 Å². The van der Waals surface area contributed by atoms with Crippen molar-refractivity contribution < 1.29 is 9.59 Å². The molecule has 9 nitrogen and oxygen atoms in total. The van der Waals surface area contributed by atoms with Crippen LogP contribution >= 0.6 is 0 Å². The Morgan fingerprint density at radius 1 is 1.26 bits per heavy atom. The van der Waals surface area contributed by atoms with Gasteiger partial charge >= 0.3 is 5.69 Å². The predicted octanol–water partition coefficient (Wildman–Crippen LogP) is -0.408. The van der Waals surface area contributed by atoms with Crippen LogP contribution in [0.4, 0.5) is 5.69 Å². The number of hydrogen-bond acceptors (Lipinski definition) is 5. The van der Waals surface area contributed by atoms with Gasteiger partial charge in [-0.25, -0.2) is 4.79 Å². The van der Waals surface area contributed by atoms with Crippen LogP contribution in [-0.4, -0.2) is 45.9 Å². The Labute approximate surface area is 154 Å². The van der Waals surface area contributed by atoms with Crippen LogP contribution in [0.1, 0.15) is 11.1 Å². The molecule has 1 aliphatic heterocycles. The molecule has 0 bridgehead atoms. The quantitative estimate of drug-likeness (QED) is 0.791. The fraction of sp³-hybridized carbons (Fsp3) is 0.278. The molecule has 1 aromatic carbocycles. The molecule has 0 unspecified atom stereocenters. The van der Waals surface area contributed by atoms with Crippen molar-refractivity contribution in [1.82, 2.24) is 14.5 Å². The summed E-state index contributed by atoms with van der Waals surface area (Å²) >= 11 is 0. The number of carbonyl (C=O) groups excluding carboxylic acids is 2. The Morgan fingerprint density at radius 2 is 2.04 bits per heavy atom. The van der Waals surface area contributed by atoms with Crippen molar-refractivity contribution >= 4 is 17.5 Å². The minimum absolute atomic E-state index is 0.118. The molecule has 1 saturated heterocycles. The van der Waals surface area contributed by atoms with Crippen LogP contribution in [0.15, 0.2) is 40.1 Å². The van der Waals surface area contributed by atoms with Gasteiger partial charge in [0.2, 0.25) is 11.8 Å². The normalized spacial score (nSPS) is 14.1. The van der Waals surface area contributed by atoms with Crippen molar-refractivity contribution in [3.8, 4) is 6.07 Å². The van der Waals surface area contributed by atoms with E-state index >= 15 is 0 Å². The maximum absolute atomic E-state index is 12.5. The van der Waals surface area contributed by atoms with E-state index in [-0.39, 0.29) is 24.9 Å². The number of aromatic amines is 1. The summed E-state index contributed by atoms with van der Waals surface area (Å²) in [5.41, 5.74) is 0.218. The van der Waals surface area contributed by atoms with Gasteiger partial charge in [-0.3, -0.25) is 23.9 Å². The van der Waals surface area contributed by atoms with Crippen LogP contribution in [0, 0.1) is 18.3 Å². The number of carbonyl (C=O) groups is 2. The van der Waals surface area contributed by atoms with E-state index in [0.717, 1.165) is 4.57 Å². The van der Waals surface area contributed by atoms with E-state index < -0.39 is 11.2 Å². The predicted molar refractivity (Wildman–Crippen MR) is 96.1 cm³/mol. The summed E-state index contributed by atoms with van der Waals surface area (Å²) in [6.45, 7) is 1.76. The standard InChI is InChI=1S/C18H17N5O4/c1-12-9-22(18(27)20-17(12)26)10-15(24)21-5-6-23(16(25)11-21)14-4-2-3-13(7-14)8-19/h2-4,7,9H,5-6,10-11H2,1H3,(H,20,26,27). The summed E-state index contributed by atoms with van der Waals surface area (Å²) in [4.78, 5) is 53.2. The van der Waals surface area contributed by atoms with Gasteiger partial charge < -0.3 is 9.80 Å². The van der Waals surface area contributed by atoms with E-state index in [0.29, 0.717) is 29.9 Å². The highest BCUT2D eigenvalue weighted by atomic mass is 16.2. The lowest BCUT2D eigenvalue weighted by molar-refractivity contribution is -0.137. The lowest BCUT2D eigenvalue weighted by Gasteiger charge is -2.34. The highest BCUT2D eigenvalue weighted by Gasteiger charge is 2.28. The molecule has 138 valence electrons. The van der Waals surface area contributed by atoms with E-state index in [1.165, 1.54) is 22.9 Å². The number of aromatic nitrogens is 2. The van der Waals surface area contributed by atoms with Crippen molar-refractivity contribution in [3.63, 3.8) is 0 Å². The van der Waals surface area contributed by atoms with Crippen LogP contribution in [0.5, 0.6) is 0 Å². The highest BCUT2D eigenvalue weighted by Crippen LogP contribution is 2.18. The van der Waals surface area contributed by atoms with E-state index in [1.807, 2.05) is 6.07 Å². The molecular formula is C18H17N5O4. The molecule has 0 spiro atoms. The molecule has 2 heterocycles. The average molecular weight is 367 g/mol. The number of H-pyrrole nitrogens is 1. The third kappa shape index (κ3) is 3.79. The van der Waals surface area contributed by atoms with Gasteiger partial charge in [0.15, 0.2) is 0 Å². The van der Waals surface area contributed by atoms with Gasteiger partial charge in [-0.1, -0.05) is 6.07 Å². The molecule has 0 aliphatic carbocycles. The maximum Gasteiger partial charge on any atom is 0.328 e. The second-order valence-corrected chi connectivity index (χ2v) is 6.22. The molecule has 1 aromatic heterocycles. The van der Waals surface area contributed by atoms with Gasteiger partial charge in [0, 0.05) is 30.5 Å². The molecule has 2 aromatic rings. The summed E-state index contributed by atoms with van der Waals surface area (Å²) in [7, 11) is 0. The lowest BCUT2D eigenvalue weighted by Crippen LogP contribution is -2.53. The Kier molecular flexibility index (Phi) is 4.90. The first-order valence-corrected chi connectivity index (χ1v) is 8.27. The van der Waals surface area contributed by atoms with Gasteiger partial charge in [0.05, 0.1) is 11.6 Å². The fourth-order valence-corrected chi connectivity index (χ4v) is 2.88. The second-order valence-electron chi connectivity index (χ2n) is 6.22. The third-order valence-corrected chi connectivity index (χ3v) is 4.35. The smallest absolute Gasteiger partial charge is 0.328 e. The first kappa shape index (κ1) is 18.1. The van der Waals surface area contributed by atoms with Gasteiger partial charge in [-0.2, -0.15) is 5.26 Å². The molecule has 1 fully saturated rings. The number of nitriles is 1. The molecule has 0 saturated carbocycles. The lowest BCUT2D eigenvalue weighted by atomic mass is 10.2. The summed E-state index contributed by atoms with van der Waals surface area (Å²) in [6.07, 6.45) is 1.32. The zero-order valence-electron chi connectivity index (χ0n) is 14.6. The highest BCUT2D eigenvalue weighted by molar-refractivity contribution is 5.98. The number of benzene rings is 1. The molecule has 2 amide bonds. The molecule has 3 rings (SSSR count). The summed E-state index contributed by atoms with van der Waals surface area (Å²) in [5.74, 6) is -0.656. The number of hydrogen-bond donors (Lipinski definition) is 1. The van der Waals surface area contributed by atoms with Crippen LogP contribution in [0.25, 0.3) is 0 Å². The van der Waals surface area contributed by atoms with Crippen molar-refractivity contribution in [2.75, 3.05) is 24.5 Å².